The Bertz CT molecular complexity index is 801. The van der Waals surface area contributed by atoms with Gasteiger partial charge < -0.3 is 4.90 Å². The van der Waals surface area contributed by atoms with Gasteiger partial charge >= 0.3 is 0 Å². The number of nitrogens with one attached hydrogen (secondary N) is 1. The van der Waals surface area contributed by atoms with Gasteiger partial charge in [0.15, 0.2) is 0 Å². The minimum Gasteiger partial charge on any atom is -0.341 e. The van der Waals surface area contributed by atoms with Gasteiger partial charge in [-0.2, -0.15) is 4.72 Å². The topological polar surface area (TPSA) is 66.5 Å². The Balaban J connectivity index is 1.90. The van der Waals surface area contributed by atoms with Crippen LogP contribution in [0.25, 0.3) is 0 Å². The molecule has 1 aliphatic heterocycles. The maximum absolute atomic E-state index is 13.0. The lowest BCUT2D eigenvalue weighted by atomic mass is 10.0. The molecule has 25 heavy (non-hydrogen) atoms. The molecule has 0 aliphatic carbocycles. The van der Waals surface area contributed by atoms with E-state index in [1.54, 1.807) is 35.2 Å². The Kier molecular flexibility index (Phi) is 5.50. The quantitative estimate of drug-likeness (QED) is 0.894. The normalized spacial score (nSPS) is 16.4. The van der Waals surface area contributed by atoms with Gasteiger partial charge in [-0.05, 0) is 37.0 Å². The number of hydrogen-bond donors (Lipinski definition) is 1. The number of benzene rings is 2. The van der Waals surface area contributed by atoms with Gasteiger partial charge in [0.25, 0.3) is 0 Å². The van der Waals surface area contributed by atoms with Crippen LogP contribution in [0.1, 0.15) is 30.9 Å². The van der Waals surface area contributed by atoms with Crippen LogP contribution in [-0.4, -0.2) is 32.3 Å². The fourth-order valence-corrected chi connectivity index (χ4v) is 4.22. The van der Waals surface area contributed by atoms with Crippen molar-refractivity contribution in [1.29, 1.82) is 0 Å². The number of carbonyl (C=O) groups is 1. The summed E-state index contributed by atoms with van der Waals surface area (Å²) < 4.78 is 28.0. The monoisotopic (exact) mass is 358 g/mol. The molecule has 1 unspecified atom stereocenters. The number of piperidine rings is 1. The zero-order valence-corrected chi connectivity index (χ0v) is 14.8. The number of hydrogen-bond acceptors (Lipinski definition) is 3. The first kappa shape index (κ1) is 17.6. The molecule has 6 heteroatoms. The second-order valence-electron chi connectivity index (χ2n) is 6.16. The fraction of sp³-hybridized carbons (Fsp3) is 0.316. The molecule has 5 nitrogen and oxygen atoms in total. The summed E-state index contributed by atoms with van der Waals surface area (Å²) in [5.74, 6) is -0.189. The number of amides is 1. The van der Waals surface area contributed by atoms with Crippen LogP contribution in [-0.2, 0) is 14.8 Å². The largest absolute Gasteiger partial charge is 0.341 e. The van der Waals surface area contributed by atoms with Crippen molar-refractivity contribution in [2.24, 2.45) is 0 Å². The van der Waals surface area contributed by atoms with Gasteiger partial charge in [0, 0.05) is 13.1 Å². The van der Waals surface area contributed by atoms with Crippen molar-refractivity contribution >= 4 is 15.9 Å². The van der Waals surface area contributed by atoms with Gasteiger partial charge in [-0.15, -0.1) is 0 Å². The van der Waals surface area contributed by atoms with E-state index in [4.69, 9.17) is 0 Å². The highest BCUT2D eigenvalue weighted by Gasteiger charge is 2.31. The zero-order valence-electron chi connectivity index (χ0n) is 14.0. The Morgan fingerprint density at radius 2 is 1.44 bits per heavy atom. The first-order valence-electron chi connectivity index (χ1n) is 8.49. The Labute approximate surface area is 148 Å². The summed E-state index contributed by atoms with van der Waals surface area (Å²) >= 11 is 0. The van der Waals surface area contributed by atoms with Crippen LogP contribution in [0.5, 0.6) is 0 Å². The molecule has 1 N–H and O–H groups in total. The third-order valence-electron chi connectivity index (χ3n) is 4.37. The van der Waals surface area contributed by atoms with Crippen molar-refractivity contribution < 1.29 is 13.2 Å². The smallest absolute Gasteiger partial charge is 0.245 e. The Morgan fingerprint density at radius 3 is 2.04 bits per heavy atom. The van der Waals surface area contributed by atoms with Crippen molar-refractivity contribution in [3.8, 4) is 0 Å². The van der Waals surface area contributed by atoms with Gasteiger partial charge in [0.1, 0.15) is 6.04 Å². The Hall–Kier alpha value is -2.18. The molecule has 0 radical (unpaired) electrons. The van der Waals surface area contributed by atoms with Gasteiger partial charge in [-0.25, -0.2) is 8.42 Å². The molecule has 1 aliphatic rings. The predicted molar refractivity (Wildman–Crippen MR) is 96.4 cm³/mol. The Morgan fingerprint density at radius 1 is 0.880 bits per heavy atom. The molecular weight excluding hydrogens is 336 g/mol. The summed E-state index contributed by atoms with van der Waals surface area (Å²) in [5.41, 5.74) is 0.651. The van der Waals surface area contributed by atoms with E-state index in [0.29, 0.717) is 18.7 Å². The van der Waals surface area contributed by atoms with E-state index in [9.17, 15) is 13.2 Å². The number of nitrogens with zero attached hydrogens (tertiary/aromatic N) is 1. The third kappa shape index (κ3) is 4.27. The van der Waals surface area contributed by atoms with Crippen molar-refractivity contribution in [3.63, 3.8) is 0 Å². The highest BCUT2D eigenvalue weighted by atomic mass is 32.2. The number of carbonyl (C=O) groups excluding carboxylic acids is 1. The molecule has 0 bridgehead atoms. The SMILES string of the molecule is O=C(C(NS(=O)(=O)c1ccccc1)c1ccccc1)N1CCCCC1. The lowest BCUT2D eigenvalue weighted by Gasteiger charge is -2.30. The van der Waals surface area contributed by atoms with E-state index >= 15 is 0 Å². The van der Waals surface area contributed by atoms with E-state index in [1.807, 2.05) is 18.2 Å². The van der Waals surface area contributed by atoms with E-state index in [1.165, 1.54) is 12.1 Å². The summed E-state index contributed by atoms with van der Waals surface area (Å²) in [5, 5.41) is 0. The second-order valence-corrected chi connectivity index (χ2v) is 7.88. The summed E-state index contributed by atoms with van der Waals surface area (Å²) in [7, 11) is -3.79. The van der Waals surface area contributed by atoms with Gasteiger partial charge in [0.2, 0.25) is 15.9 Å². The average Bonchev–Trinajstić information content (AvgIpc) is 2.68. The van der Waals surface area contributed by atoms with Crippen molar-refractivity contribution in [3.05, 3.63) is 66.2 Å². The van der Waals surface area contributed by atoms with Crippen molar-refractivity contribution in [1.82, 2.24) is 9.62 Å². The molecule has 0 aromatic heterocycles. The number of sulfonamides is 1. The molecule has 2 aromatic rings. The average molecular weight is 358 g/mol. The van der Waals surface area contributed by atoms with E-state index in [2.05, 4.69) is 4.72 Å². The van der Waals surface area contributed by atoms with Gasteiger partial charge in [-0.1, -0.05) is 48.5 Å². The van der Waals surface area contributed by atoms with Crippen LogP contribution in [0.2, 0.25) is 0 Å². The molecule has 1 amide bonds. The van der Waals surface area contributed by atoms with E-state index in [-0.39, 0.29) is 10.8 Å². The van der Waals surface area contributed by atoms with Gasteiger partial charge in [-0.3, -0.25) is 4.79 Å². The number of likely N-dealkylation sites (tertiary alicyclic amines) is 1. The molecule has 1 fully saturated rings. The van der Waals surface area contributed by atoms with Crippen LogP contribution in [0, 0.1) is 0 Å². The van der Waals surface area contributed by atoms with Crippen LogP contribution in [0.3, 0.4) is 0 Å². The minimum atomic E-state index is -3.79. The molecule has 1 heterocycles. The molecule has 132 valence electrons. The van der Waals surface area contributed by atoms with Crippen LogP contribution in [0.4, 0.5) is 0 Å². The van der Waals surface area contributed by atoms with Crippen LogP contribution in [0.15, 0.2) is 65.6 Å². The van der Waals surface area contributed by atoms with Crippen LogP contribution >= 0.6 is 0 Å². The molecule has 3 rings (SSSR count). The van der Waals surface area contributed by atoms with Crippen molar-refractivity contribution in [2.45, 2.75) is 30.2 Å². The highest BCUT2D eigenvalue weighted by Crippen LogP contribution is 2.21. The van der Waals surface area contributed by atoms with Gasteiger partial charge in [0.05, 0.1) is 4.90 Å². The summed E-state index contributed by atoms with van der Waals surface area (Å²) in [6.45, 7) is 1.35. The first-order chi connectivity index (χ1) is 12.1. The maximum Gasteiger partial charge on any atom is 0.245 e. The number of rotatable bonds is 5. The van der Waals surface area contributed by atoms with E-state index < -0.39 is 16.1 Å². The molecule has 1 saturated heterocycles. The standard InChI is InChI=1S/C19H22N2O3S/c22-19(21-14-8-3-9-15-21)18(16-10-4-1-5-11-16)20-25(23,24)17-12-6-2-7-13-17/h1-2,4-7,10-13,18,20H,3,8-9,14-15H2. The molecule has 0 saturated carbocycles. The molecule has 1 atom stereocenters. The minimum absolute atomic E-state index is 0.155. The fourth-order valence-electron chi connectivity index (χ4n) is 3.03. The highest BCUT2D eigenvalue weighted by molar-refractivity contribution is 7.89. The lowest BCUT2D eigenvalue weighted by molar-refractivity contribution is -0.134. The molecular formula is C19H22N2O3S. The third-order valence-corrected chi connectivity index (χ3v) is 5.81. The molecule has 2 aromatic carbocycles. The maximum atomic E-state index is 13.0. The summed E-state index contributed by atoms with van der Waals surface area (Å²) in [6.07, 6.45) is 3.02. The van der Waals surface area contributed by atoms with E-state index in [0.717, 1.165) is 19.3 Å². The first-order valence-corrected chi connectivity index (χ1v) is 9.97. The second kappa shape index (κ2) is 7.80. The van der Waals surface area contributed by atoms with Crippen molar-refractivity contribution in [2.75, 3.05) is 13.1 Å². The molecule has 0 spiro atoms. The lowest BCUT2D eigenvalue weighted by Crippen LogP contribution is -2.44. The summed E-state index contributed by atoms with van der Waals surface area (Å²) in [4.78, 5) is 14.9. The zero-order chi connectivity index (χ0) is 17.7. The van der Waals surface area contributed by atoms with Crippen LogP contribution < -0.4 is 4.72 Å². The predicted octanol–water partition coefficient (Wildman–Crippen LogP) is 2.72. The summed E-state index contributed by atoms with van der Waals surface area (Å²) in [6, 6.07) is 16.2.